The SMILES string of the molecule is CC[n+]1cc(Br)cc(-c2nc3ccccc3s2)c1.[I-]. The summed E-state index contributed by atoms with van der Waals surface area (Å²) in [5.41, 5.74) is 2.23. The van der Waals surface area contributed by atoms with Crippen molar-refractivity contribution in [2.45, 2.75) is 13.5 Å². The number of hydrogen-bond donors (Lipinski definition) is 0. The molecule has 0 unspecified atom stereocenters. The van der Waals surface area contributed by atoms with E-state index in [4.69, 9.17) is 0 Å². The molecule has 0 bridgehead atoms. The fourth-order valence-corrected chi connectivity index (χ4v) is 3.35. The molecule has 0 saturated heterocycles. The second-order valence-corrected chi connectivity index (χ2v) is 6.01. The van der Waals surface area contributed by atoms with Crippen LogP contribution in [0.3, 0.4) is 0 Å². The van der Waals surface area contributed by atoms with Gasteiger partial charge in [0.05, 0.1) is 20.3 Å². The van der Waals surface area contributed by atoms with Crippen LogP contribution in [0, 0.1) is 0 Å². The third-order valence-corrected chi connectivity index (χ3v) is 4.31. The van der Waals surface area contributed by atoms with Gasteiger partial charge in [0, 0.05) is 0 Å². The summed E-state index contributed by atoms with van der Waals surface area (Å²) >= 11 is 5.28. The van der Waals surface area contributed by atoms with Crippen LogP contribution in [-0.4, -0.2) is 4.98 Å². The lowest BCUT2D eigenvalue weighted by atomic mass is 10.3. The molecule has 3 rings (SSSR count). The van der Waals surface area contributed by atoms with E-state index >= 15 is 0 Å². The number of aryl methyl sites for hydroxylation is 1. The molecule has 0 aliphatic rings. The molecule has 1 aromatic carbocycles. The fraction of sp³-hybridized carbons (Fsp3) is 0.143. The first-order valence-electron chi connectivity index (χ1n) is 5.82. The Morgan fingerprint density at radius 3 is 2.79 bits per heavy atom. The van der Waals surface area contributed by atoms with Crippen molar-refractivity contribution in [1.82, 2.24) is 4.98 Å². The number of rotatable bonds is 2. The third-order valence-electron chi connectivity index (χ3n) is 2.79. The van der Waals surface area contributed by atoms with Crippen LogP contribution in [0.5, 0.6) is 0 Å². The normalized spacial score (nSPS) is 10.4. The lowest BCUT2D eigenvalue weighted by Crippen LogP contribution is -3.00. The van der Waals surface area contributed by atoms with Crippen molar-refractivity contribution >= 4 is 37.5 Å². The molecule has 0 saturated carbocycles. The van der Waals surface area contributed by atoms with Crippen LogP contribution < -0.4 is 28.5 Å². The quantitative estimate of drug-likeness (QED) is 0.424. The highest BCUT2D eigenvalue weighted by Crippen LogP contribution is 2.30. The Morgan fingerprint density at radius 1 is 1.26 bits per heavy atom. The average Bonchev–Trinajstić information content (AvgIpc) is 2.81. The zero-order valence-corrected chi connectivity index (χ0v) is 14.9. The molecule has 0 N–H and O–H groups in total. The van der Waals surface area contributed by atoms with Gasteiger partial charge in [0.1, 0.15) is 11.6 Å². The van der Waals surface area contributed by atoms with E-state index in [1.807, 2.05) is 6.07 Å². The van der Waals surface area contributed by atoms with Crippen molar-refractivity contribution in [3.05, 3.63) is 47.2 Å². The summed E-state index contributed by atoms with van der Waals surface area (Å²) in [5, 5.41) is 1.07. The van der Waals surface area contributed by atoms with E-state index in [1.165, 1.54) is 4.70 Å². The predicted octanol–water partition coefficient (Wildman–Crippen LogP) is 1.04. The van der Waals surface area contributed by atoms with Gasteiger partial charge in [-0.3, -0.25) is 0 Å². The minimum absolute atomic E-state index is 0. The number of halogens is 2. The minimum Gasteiger partial charge on any atom is -1.00 e. The van der Waals surface area contributed by atoms with Crippen LogP contribution in [0.2, 0.25) is 0 Å². The van der Waals surface area contributed by atoms with Gasteiger partial charge in [-0.05, 0) is 41.1 Å². The number of thiazole rings is 1. The Labute approximate surface area is 141 Å². The highest BCUT2D eigenvalue weighted by atomic mass is 127. The van der Waals surface area contributed by atoms with Gasteiger partial charge < -0.3 is 24.0 Å². The van der Waals surface area contributed by atoms with Crippen LogP contribution in [0.15, 0.2) is 47.2 Å². The molecular weight excluding hydrogens is 435 g/mol. The zero-order chi connectivity index (χ0) is 12.5. The maximum absolute atomic E-state index is 4.68. The average molecular weight is 447 g/mol. The molecule has 19 heavy (non-hydrogen) atoms. The Kier molecular flexibility index (Phi) is 4.92. The summed E-state index contributed by atoms with van der Waals surface area (Å²) in [6, 6.07) is 10.4. The molecule has 0 amide bonds. The smallest absolute Gasteiger partial charge is 0.183 e. The zero-order valence-electron chi connectivity index (χ0n) is 10.3. The van der Waals surface area contributed by atoms with Crippen molar-refractivity contribution < 1.29 is 28.5 Å². The van der Waals surface area contributed by atoms with Crippen molar-refractivity contribution in [1.29, 1.82) is 0 Å². The van der Waals surface area contributed by atoms with Crippen LogP contribution in [0.4, 0.5) is 0 Å². The van der Waals surface area contributed by atoms with E-state index in [0.717, 1.165) is 27.1 Å². The Morgan fingerprint density at radius 2 is 2.05 bits per heavy atom. The second kappa shape index (κ2) is 6.28. The monoisotopic (exact) mass is 446 g/mol. The van der Waals surface area contributed by atoms with Gasteiger partial charge >= 0.3 is 0 Å². The molecule has 2 heterocycles. The van der Waals surface area contributed by atoms with Gasteiger partial charge in [0.2, 0.25) is 0 Å². The molecule has 0 atom stereocenters. The van der Waals surface area contributed by atoms with Crippen molar-refractivity contribution in [3.63, 3.8) is 0 Å². The summed E-state index contributed by atoms with van der Waals surface area (Å²) in [7, 11) is 0. The second-order valence-electron chi connectivity index (χ2n) is 4.06. The minimum atomic E-state index is 0. The van der Waals surface area contributed by atoms with E-state index in [2.05, 4.69) is 69.1 Å². The van der Waals surface area contributed by atoms with E-state index in [-0.39, 0.29) is 24.0 Å². The highest BCUT2D eigenvalue weighted by Gasteiger charge is 2.11. The lowest BCUT2D eigenvalue weighted by Gasteiger charge is -1.97. The summed E-state index contributed by atoms with van der Waals surface area (Å²) in [6.45, 7) is 3.09. The summed E-state index contributed by atoms with van der Waals surface area (Å²) in [4.78, 5) is 4.68. The lowest BCUT2D eigenvalue weighted by molar-refractivity contribution is -0.693. The maximum atomic E-state index is 4.68. The topological polar surface area (TPSA) is 16.8 Å². The molecule has 3 aromatic rings. The van der Waals surface area contributed by atoms with Crippen molar-refractivity contribution in [3.8, 4) is 10.6 Å². The van der Waals surface area contributed by atoms with Gasteiger partial charge in [-0.2, -0.15) is 0 Å². The third kappa shape index (κ3) is 3.14. The standard InChI is InChI=1S/C14H12BrN2S.HI/c1-2-17-8-10(7-11(15)9-17)14-16-12-5-3-4-6-13(12)18-14;/h3-9H,2H2,1H3;1H/q+1;/p-1. The summed E-state index contributed by atoms with van der Waals surface area (Å²) in [5.74, 6) is 0. The Hall–Kier alpha value is -0.530. The van der Waals surface area contributed by atoms with E-state index in [9.17, 15) is 0 Å². The number of nitrogens with zero attached hydrogens (tertiary/aromatic N) is 2. The van der Waals surface area contributed by atoms with Crippen molar-refractivity contribution in [2.75, 3.05) is 0 Å². The number of hydrogen-bond acceptors (Lipinski definition) is 2. The number of pyridine rings is 1. The van der Waals surface area contributed by atoms with E-state index < -0.39 is 0 Å². The molecular formula is C14H12BrIN2S. The fourth-order valence-electron chi connectivity index (χ4n) is 1.89. The van der Waals surface area contributed by atoms with Crippen LogP contribution in [0.1, 0.15) is 6.92 Å². The Balaban J connectivity index is 0.00000133. The van der Waals surface area contributed by atoms with Gasteiger partial charge in [0.15, 0.2) is 12.4 Å². The molecule has 2 aromatic heterocycles. The number of para-hydroxylation sites is 1. The molecule has 0 fully saturated rings. The molecule has 5 heteroatoms. The highest BCUT2D eigenvalue weighted by molar-refractivity contribution is 9.10. The van der Waals surface area contributed by atoms with Crippen LogP contribution in [-0.2, 0) is 6.54 Å². The van der Waals surface area contributed by atoms with Gasteiger partial charge in [-0.25, -0.2) is 9.55 Å². The first kappa shape index (κ1) is 14.9. The van der Waals surface area contributed by atoms with E-state index in [0.29, 0.717) is 0 Å². The molecule has 0 aliphatic carbocycles. The number of benzene rings is 1. The Bertz CT molecular complexity index is 678. The van der Waals surface area contributed by atoms with Crippen LogP contribution in [0.25, 0.3) is 20.8 Å². The molecule has 0 radical (unpaired) electrons. The van der Waals surface area contributed by atoms with E-state index in [1.54, 1.807) is 11.3 Å². The molecule has 2 nitrogen and oxygen atoms in total. The maximum Gasteiger partial charge on any atom is 0.183 e. The first-order chi connectivity index (χ1) is 8.76. The summed E-state index contributed by atoms with van der Waals surface area (Å²) < 4.78 is 4.47. The number of fused-ring (bicyclic) bond motifs is 1. The predicted molar refractivity (Wildman–Crippen MR) is 78.6 cm³/mol. The van der Waals surface area contributed by atoms with Gasteiger partial charge in [-0.15, -0.1) is 11.3 Å². The van der Waals surface area contributed by atoms with Gasteiger partial charge in [0.25, 0.3) is 0 Å². The first-order valence-corrected chi connectivity index (χ1v) is 7.43. The van der Waals surface area contributed by atoms with Crippen LogP contribution >= 0.6 is 27.3 Å². The van der Waals surface area contributed by atoms with Gasteiger partial charge in [-0.1, -0.05) is 12.1 Å². The summed E-state index contributed by atoms with van der Waals surface area (Å²) in [6.07, 6.45) is 4.22. The molecule has 0 aliphatic heterocycles. The molecule has 0 spiro atoms. The van der Waals surface area contributed by atoms with Crippen molar-refractivity contribution in [2.24, 2.45) is 0 Å². The molecule has 98 valence electrons. The largest absolute Gasteiger partial charge is 1.00 e. The number of aromatic nitrogens is 2.